The van der Waals surface area contributed by atoms with E-state index in [4.69, 9.17) is 0 Å². The molecule has 0 aliphatic rings. The van der Waals surface area contributed by atoms with Gasteiger partial charge in [0.15, 0.2) is 0 Å². The van der Waals surface area contributed by atoms with Gasteiger partial charge in [-0.2, -0.15) is 0 Å². The monoisotopic (exact) mass is 267 g/mol. The van der Waals surface area contributed by atoms with E-state index in [1.165, 1.54) is 0 Å². The molecule has 0 saturated carbocycles. The molecule has 0 aromatic heterocycles. The molecule has 0 aliphatic carbocycles. The van der Waals surface area contributed by atoms with Gasteiger partial charge < -0.3 is 15.1 Å². The number of anilines is 1. The van der Waals surface area contributed by atoms with Crippen molar-refractivity contribution in [2.75, 3.05) is 45.7 Å². The molecule has 3 nitrogen and oxygen atoms in total. The van der Waals surface area contributed by atoms with Crippen LogP contribution in [-0.2, 0) is 6.54 Å². The molecule has 0 spiro atoms. The maximum Gasteiger partial charge on any atom is 0.125 e. The minimum Gasteiger partial charge on any atom is -0.374 e. The normalized spacial score (nSPS) is 11.1. The van der Waals surface area contributed by atoms with Crippen molar-refractivity contribution < 1.29 is 4.39 Å². The summed E-state index contributed by atoms with van der Waals surface area (Å²) in [6.07, 6.45) is 1.07. The van der Waals surface area contributed by atoms with Gasteiger partial charge in [0.05, 0.1) is 0 Å². The summed E-state index contributed by atoms with van der Waals surface area (Å²) in [5.41, 5.74) is 1.95. The molecule has 4 heteroatoms. The molecule has 0 bridgehead atoms. The van der Waals surface area contributed by atoms with Crippen molar-refractivity contribution in [1.29, 1.82) is 0 Å². The molecule has 0 atom stereocenters. The lowest BCUT2D eigenvalue weighted by molar-refractivity contribution is 0.401. The van der Waals surface area contributed by atoms with Crippen molar-refractivity contribution in [3.05, 3.63) is 29.6 Å². The first kappa shape index (κ1) is 15.9. The first-order chi connectivity index (χ1) is 9.02. The molecule has 0 radical (unpaired) electrons. The SMILES string of the molecule is CCNCc1cc(F)cc(N(C)CCCN(C)C)c1. The summed E-state index contributed by atoms with van der Waals surface area (Å²) < 4.78 is 13.6. The number of halogens is 1. The fourth-order valence-electron chi connectivity index (χ4n) is 1.98. The van der Waals surface area contributed by atoms with Crippen LogP contribution in [0.25, 0.3) is 0 Å². The molecule has 0 saturated heterocycles. The minimum atomic E-state index is -0.162. The van der Waals surface area contributed by atoms with Gasteiger partial charge in [-0.05, 0) is 57.4 Å². The van der Waals surface area contributed by atoms with E-state index in [-0.39, 0.29) is 5.82 Å². The molecule has 1 N–H and O–H groups in total. The largest absolute Gasteiger partial charge is 0.374 e. The van der Waals surface area contributed by atoms with Crippen LogP contribution in [0.2, 0.25) is 0 Å². The van der Waals surface area contributed by atoms with Gasteiger partial charge in [0.1, 0.15) is 5.82 Å². The predicted octanol–water partition coefficient (Wildman–Crippen LogP) is 2.32. The second-order valence-electron chi connectivity index (χ2n) is 5.18. The Hall–Kier alpha value is -1.13. The van der Waals surface area contributed by atoms with Gasteiger partial charge in [-0.1, -0.05) is 6.92 Å². The third-order valence-electron chi connectivity index (χ3n) is 3.06. The highest BCUT2D eigenvalue weighted by molar-refractivity contribution is 5.48. The zero-order valence-electron chi connectivity index (χ0n) is 12.5. The lowest BCUT2D eigenvalue weighted by atomic mass is 10.1. The Kier molecular flexibility index (Phi) is 6.81. The quantitative estimate of drug-likeness (QED) is 0.780. The average molecular weight is 267 g/mol. The molecule has 19 heavy (non-hydrogen) atoms. The van der Waals surface area contributed by atoms with Gasteiger partial charge in [-0.15, -0.1) is 0 Å². The first-order valence-electron chi connectivity index (χ1n) is 6.89. The Morgan fingerprint density at radius 3 is 2.47 bits per heavy atom. The molecule has 0 heterocycles. The average Bonchev–Trinajstić information content (AvgIpc) is 2.35. The van der Waals surface area contributed by atoms with E-state index in [1.807, 2.05) is 14.0 Å². The van der Waals surface area contributed by atoms with Crippen LogP contribution in [0, 0.1) is 5.82 Å². The third-order valence-corrected chi connectivity index (χ3v) is 3.06. The number of nitrogens with zero attached hydrogens (tertiary/aromatic N) is 2. The smallest absolute Gasteiger partial charge is 0.125 e. The summed E-state index contributed by atoms with van der Waals surface area (Å²) in [5, 5.41) is 3.22. The van der Waals surface area contributed by atoms with Crippen molar-refractivity contribution in [3.8, 4) is 0 Å². The van der Waals surface area contributed by atoms with Crippen LogP contribution in [0.1, 0.15) is 18.9 Å². The fraction of sp³-hybridized carbons (Fsp3) is 0.600. The van der Waals surface area contributed by atoms with Crippen molar-refractivity contribution in [2.45, 2.75) is 19.9 Å². The molecule has 1 aromatic rings. The molecule has 0 unspecified atom stereocenters. The second kappa shape index (κ2) is 8.12. The zero-order chi connectivity index (χ0) is 14.3. The third kappa shape index (κ3) is 6.03. The summed E-state index contributed by atoms with van der Waals surface area (Å²) in [6, 6.07) is 5.26. The Morgan fingerprint density at radius 1 is 1.11 bits per heavy atom. The molecule has 1 aromatic carbocycles. The van der Waals surface area contributed by atoms with Crippen molar-refractivity contribution in [2.24, 2.45) is 0 Å². The highest BCUT2D eigenvalue weighted by atomic mass is 19.1. The molecule has 0 fully saturated rings. The molecule has 0 amide bonds. The number of hydrogen-bond donors (Lipinski definition) is 1. The molecular formula is C15H26FN3. The number of benzene rings is 1. The van der Waals surface area contributed by atoms with Gasteiger partial charge >= 0.3 is 0 Å². The highest BCUT2D eigenvalue weighted by Gasteiger charge is 2.05. The lowest BCUT2D eigenvalue weighted by Crippen LogP contribution is -2.23. The van der Waals surface area contributed by atoms with E-state index in [0.29, 0.717) is 6.54 Å². The van der Waals surface area contributed by atoms with E-state index in [0.717, 1.165) is 37.3 Å². The lowest BCUT2D eigenvalue weighted by Gasteiger charge is -2.21. The minimum absolute atomic E-state index is 0.162. The number of rotatable bonds is 8. The molecule has 108 valence electrons. The zero-order valence-corrected chi connectivity index (χ0v) is 12.5. The van der Waals surface area contributed by atoms with Crippen molar-refractivity contribution >= 4 is 5.69 Å². The standard InChI is InChI=1S/C15H26FN3/c1-5-17-12-13-9-14(16)11-15(10-13)19(4)8-6-7-18(2)3/h9-11,17H,5-8,12H2,1-4H3. The summed E-state index contributed by atoms with van der Waals surface area (Å²) in [5.74, 6) is -0.162. The van der Waals surface area contributed by atoms with Crippen LogP contribution in [-0.4, -0.2) is 45.7 Å². The Balaban J connectivity index is 2.62. The van der Waals surface area contributed by atoms with Crippen LogP contribution in [0.3, 0.4) is 0 Å². The fourth-order valence-corrected chi connectivity index (χ4v) is 1.98. The van der Waals surface area contributed by atoms with Gasteiger partial charge in [0.2, 0.25) is 0 Å². The molecule has 0 aliphatic heterocycles. The number of nitrogens with one attached hydrogen (secondary N) is 1. The second-order valence-corrected chi connectivity index (χ2v) is 5.18. The van der Waals surface area contributed by atoms with Gasteiger partial charge in [0.25, 0.3) is 0 Å². The van der Waals surface area contributed by atoms with E-state index >= 15 is 0 Å². The topological polar surface area (TPSA) is 18.5 Å². The van der Waals surface area contributed by atoms with E-state index in [9.17, 15) is 4.39 Å². The Bertz CT molecular complexity index is 380. The first-order valence-corrected chi connectivity index (χ1v) is 6.89. The maximum absolute atomic E-state index is 13.6. The summed E-state index contributed by atoms with van der Waals surface area (Å²) in [7, 11) is 6.15. The predicted molar refractivity (Wildman–Crippen MR) is 80.2 cm³/mol. The van der Waals surface area contributed by atoms with Crippen LogP contribution < -0.4 is 10.2 Å². The Morgan fingerprint density at radius 2 is 1.84 bits per heavy atom. The van der Waals surface area contributed by atoms with Crippen LogP contribution >= 0.6 is 0 Å². The summed E-state index contributed by atoms with van der Waals surface area (Å²) in [4.78, 5) is 4.28. The molecular weight excluding hydrogens is 241 g/mol. The van der Waals surface area contributed by atoms with Crippen LogP contribution in [0.4, 0.5) is 10.1 Å². The summed E-state index contributed by atoms with van der Waals surface area (Å²) in [6.45, 7) is 5.64. The van der Waals surface area contributed by atoms with Crippen LogP contribution in [0.5, 0.6) is 0 Å². The summed E-state index contributed by atoms with van der Waals surface area (Å²) >= 11 is 0. The molecule has 1 rings (SSSR count). The van der Waals surface area contributed by atoms with Gasteiger partial charge in [-0.25, -0.2) is 4.39 Å². The Labute approximate surface area is 116 Å². The van der Waals surface area contributed by atoms with Gasteiger partial charge in [0, 0.05) is 25.8 Å². The number of hydrogen-bond acceptors (Lipinski definition) is 3. The maximum atomic E-state index is 13.6. The van der Waals surface area contributed by atoms with E-state index in [1.54, 1.807) is 12.1 Å². The van der Waals surface area contributed by atoms with E-state index < -0.39 is 0 Å². The van der Waals surface area contributed by atoms with Crippen molar-refractivity contribution in [1.82, 2.24) is 10.2 Å². The van der Waals surface area contributed by atoms with Crippen LogP contribution in [0.15, 0.2) is 18.2 Å². The van der Waals surface area contributed by atoms with Gasteiger partial charge in [-0.3, -0.25) is 0 Å². The highest BCUT2D eigenvalue weighted by Crippen LogP contribution is 2.18. The van der Waals surface area contributed by atoms with Crippen molar-refractivity contribution in [3.63, 3.8) is 0 Å². The van der Waals surface area contributed by atoms with E-state index in [2.05, 4.69) is 35.3 Å².